The fourth-order valence-electron chi connectivity index (χ4n) is 4.58. The van der Waals surface area contributed by atoms with E-state index in [0.29, 0.717) is 39.6 Å². The third-order valence-electron chi connectivity index (χ3n) is 6.36. The summed E-state index contributed by atoms with van der Waals surface area (Å²) >= 11 is 0. The number of halogens is 1. The van der Waals surface area contributed by atoms with E-state index in [1.165, 1.54) is 12.1 Å². The first-order valence-electron chi connectivity index (χ1n) is 11.7. The zero-order valence-corrected chi connectivity index (χ0v) is 20.8. The monoisotopic (exact) mass is 497 g/mol. The van der Waals surface area contributed by atoms with E-state index in [-0.39, 0.29) is 17.9 Å². The molecular formula is C30H26FN2O4+. The van der Waals surface area contributed by atoms with Gasteiger partial charge >= 0.3 is 5.56 Å². The summed E-state index contributed by atoms with van der Waals surface area (Å²) in [5.41, 5.74) is 2.88. The Labute approximate surface area is 213 Å². The summed E-state index contributed by atoms with van der Waals surface area (Å²) in [5, 5.41) is 0.753. The van der Waals surface area contributed by atoms with E-state index in [2.05, 4.69) is 0 Å². The fourth-order valence-corrected chi connectivity index (χ4v) is 4.58. The summed E-state index contributed by atoms with van der Waals surface area (Å²) < 4.78 is 34.4. The smallest absolute Gasteiger partial charge is 0.324 e. The van der Waals surface area contributed by atoms with Crippen molar-refractivity contribution in [2.45, 2.75) is 6.54 Å². The molecule has 2 aromatic heterocycles. The van der Waals surface area contributed by atoms with Crippen LogP contribution in [0.25, 0.3) is 27.7 Å². The Morgan fingerprint density at radius 3 is 2.24 bits per heavy atom. The molecule has 0 aliphatic rings. The second-order valence-corrected chi connectivity index (χ2v) is 8.47. The lowest BCUT2D eigenvalue weighted by atomic mass is 9.98. The molecule has 0 N–H and O–H groups in total. The SMILES string of the molecule is COc1ccc(Cn2c(=O)c(-[n+]3ccccc3)c(-c3cccc(F)c3)c3cc(OC)ccc32)c(OC)c1. The van der Waals surface area contributed by atoms with Crippen molar-refractivity contribution in [3.63, 3.8) is 0 Å². The fraction of sp³-hybridized carbons (Fsp3) is 0.133. The van der Waals surface area contributed by atoms with Crippen molar-refractivity contribution in [1.29, 1.82) is 0 Å². The van der Waals surface area contributed by atoms with Gasteiger partial charge in [0.2, 0.25) is 0 Å². The number of methoxy groups -OCH3 is 3. The number of ether oxygens (including phenoxy) is 3. The van der Waals surface area contributed by atoms with Gasteiger partial charge in [0.05, 0.1) is 39.0 Å². The van der Waals surface area contributed by atoms with Crippen molar-refractivity contribution in [2.75, 3.05) is 21.3 Å². The molecule has 0 saturated carbocycles. The Balaban J connectivity index is 1.88. The summed E-state index contributed by atoms with van der Waals surface area (Å²) in [6.07, 6.45) is 3.62. The maximum absolute atomic E-state index is 14.4. The lowest BCUT2D eigenvalue weighted by Gasteiger charge is -2.18. The first-order chi connectivity index (χ1) is 18.0. The Bertz CT molecular complexity index is 1650. The van der Waals surface area contributed by atoms with Gasteiger partial charge in [0.1, 0.15) is 23.1 Å². The highest BCUT2D eigenvalue weighted by atomic mass is 19.1. The summed E-state index contributed by atoms with van der Waals surface area (Å²) in [4.78, 5) is 14.3. The average molecular weight is 498 g/mol. The highest BCUT2D eigenvalue weighted by Gasteiger charge is 2.26. The van der Waals surface area contributed by atoms with Crippen LogP contribution in [0.1, 0.15) is 5.56 Å². The maximum atomic E-state index is 14.4. The number of fused-ring (bicyclic) bond motifs is 1. The molecule has 0 radical (unpaired) electrons. The molecule has 0 fully saturated rings. The molecule has 0 aliphatic heterocycles. The summed E-state index contributed by atoms with van der Waals surface area (Å²) in [6, 6.07) is 22.9. The van der Waals surface area contributed by atoms with Crippen LogP contribution < -0.4 is 24.3 Å². The number of nitrogens with zero attached hydrogens (tertiary/aromatic N) is 2. The number of aromatic nitrogens is 2. The van der Waals surface area contributed by atoms with Gasteiger partial charge in [0, 0.05) is 29.1 Å². The molecule has 186 valence electrons. The van der Waals surface area contributed by atoms with E-state index in [1.54, 1.807) is 48.7 Å². The molecule has 0 amide bonds. The van der Waals surface area contributed by atoms with Gasteiger partial charge < -0.3 is 14.2 Å². The van der Waals surface area contributed by atoms with Crippen LogP contribution in [0.15, 0.2) is 96.1 Å². The molecule has 0 atom stereocenters. The van der Waals surface area contributed by atoms with Crippen LogP contribution in [0.3, 0.4) is 0 Å². The van der Waals surface area contributed by atoms with Crippen LogP contribution in [0.2, 0.25) is 0 Å². The summed E-state index contributed by atoms with van der Waals surface area (Å²) in [7, 11) is 4.77. The Morgan fingerprint density at radius 1 is 0.811 bits per heavy atom. The molecule has 0 bridgehead atoms. The van der Waals surface area contributed by atoms with Crippen molar-refractivity contribution in [3.05, 3.63) is 113 Å². The lowest BCUT2D eigenvalue weighted by molar-refractivity contribution is -0.596. The second kappa shape index (κ2) is 10.1. The number of hydrogen-bond acceptors (Lipinski definition) is 4. The van der Waals surface area contributed by atoms with Gasteiger partial charge in [-0.15, -0.1) is 0 Å². The quantitative estimate of drug-likeness (QED) is 0.292. The number of hydrogen-bond donors (Lipinski definition) is 0. The minimum absolute atomic E-state index is 0.231. The van der Waals surface area contributed by atoms with Crippen LogP contribution in [0.5, 0.6) is 17.2 Å². The molecule has 5 rings (SSSR count). The van der Waals surface area contributed by atoms with E-state index in [1.807, 2.05) is 60.9 Å². The molecule has 0 spiro atoms. The summed E-state index contributed by atoms with van der Waals surface area (Å²) in [6.45, 7) is 0.249. The molecule has 0 aliphatic carbocycles. The van der Waals surface area contributed by atoms with Crippen molar-refractivity contribution >= 4 is 10.9 Å². The lowest BCUT2D eigenvalue weighted by Crippen LogP contribution is -2.40. The minimum atomic E-state index is -0.385. The van der Waals surface area contributed by atoms with Gasteiger partial charge in [0.25, 0.3) is 5.69 Å². The molecule has 0 saturated heterocycles. The predicted molar refractivity (Wildman–Crippen MR) is 140 cm³/mol. The van der Waals surface area contributed by atoms with Crippen LogP contribution in [0.4, 0.5) is 4.39 Å². The highest BCUT2D eigenvalue weighted by molar-refractivity contribution is 5.98. The van der Waals surface area contributed by atoms with E-state index in [0.717, 1.165) is 10.9 Å². The van der Waals surface area contributed by atoms with Gasteiger partial charge in [-0.2, -0.15) is 4.57 Å². The molecule has 5 aromatic rings. The van der Waals surface area contributed by atoms with Crippen LogP contribution in [0, 0.1) is 5.82 Å². The van der Waals surface area contributed by atoms with Crippen LogP contribution >= 0.6 is 0 Å². The Hall–Kier alpha value is -4.65. The average Bonchev–Trinajstić information content (AvgIpc) is 2.94. The predicted octanol–water partition coefficient (Wildman–Crippen LogP) is 5.16. The standard InChI is InChI=1S/C30H26FN2O4/c1-35-23-12-13-26-25(17-23)28(20-8-7-9-22(31)16-20)29(32-14-5-4-6-15-32)30(34)33(26)19-21-10-11-24(36-2)18-27(21)37-3/h4-18H,19H2,1-3H3/q+1. The van der Waals surface area contributed by atoms with Gasteiger partial charge in [-0.25, -0.2) is 4.39 Å². The van der Waals surface area contributed by atoms with Gasteiger partial charge in [0.15, 0.2) is 12.4 Å². The Morgan fingerprint density at radius 2 is 1.54 bits per heavy atom. The molecule has 6 nitrogen and oxygen atoms in total. The van der Waals surface area contributed by atoms with E-state index < -0.39 is 0 Å². The number of pyridine rings is 2. The largest absolute Gasteiger partial charge is 0.497 e. The maximum Gasteiger partial charge on any atom is 0.324 e. The van der Waals surface area contributed by atoms with E-state index in [4.69, 9.17) is 14.2 Å². The molecule has 0 unspecified atom stereocenters. The molecule has 7 heteroatoms. The highest BCUT2D eigenvalue weighted by Crippen LogP contribution is 2.34. The van der Waals surface area contributed by atoms with Crippen molar-refractivity contribution in [1.82, 2.24) is 4.57 Å². The first kappa shape index (κ1) is 24.1. The van der Waals surface area contributed by atoms with Crippen LogP contribution in [-0.4, -0.2) is 25.9 Å². The van der Waals surface area contributed by atoms with E-state index >= 15 is 0 Å². The molecule has 37 heavy (non-hydrogen) atoms. The topological polar surface area (TPSA) is 53.6 Å². The second-order valence-electron chi connectivity index (χ2n) is 8.47. The zero-order chi connectivity index (χ0) is 25.9. The van der Waals surface area contributed by atoms with Gasteiger partial charge in [-0.3, -0.25) is 9.36 Å². The van der Waals surface area contributed by atoms with Crippen molar-refractivity contribution in [3.8, 4) is 34.1 Å². The number of rotatable bonds is 7. The molecule has 2 heterocycles. The van der Waals surface area contributed by atoms with Crippen molar-refractivity contribution < 1.29 is 23.2 Å². The summed E-state index contributed by atoms with van der Waals surface area (Å²) in [5.74, 6) is 1.51. The Kier molecular flexibility index (Phi) is 6.60. The van der Waals surface area contributed by atoms with Crippen LogP contribution in [-0.2, 0) is 6.54 Å². The minimum Gasteiger partial charge on any atom is -0.497 e. The molecule has 3 aromatic carbocycles. The third-order valence-corrected chi connectivity index (χ3v) is 6.36. The third kappa shape index (κ3) is 4.51. The van der Waals surface area contributed by atoms with Crippen molar-refractivity contribution in [2.24, 2.45) is 0 Å². The van der Waals surface area contributed by atoms with Gasteiger partial charge in [-0.05, 0) is 48.0 Å². The number of benzene rings is 3. The molecular weight excluding hydrogens is 471 g/mol. The van der Waals surface area contributed by atoms with E-state index in [9.17, 15) is 9.18 Å². The van der Waals surface area contributed by atoms with Gasteiger partial charge in [-0.1, -0.05) is 18.2 Å². The first-order valence-corrected chi connectivity index (χ1v) is 11.7. The zero-order valence-electron chi connectivity index (χ0n) is 20.8. The normalized spacial score (nSPS) is 10.9.